The van der Waals surface area contributed by atoms with Crippen molar-refractivity contribution in [3.8, 4) is 0 Å². The molecule has 0 aromatic heterocycles. The number of hydrogen-bond donors (Lipinski definition) is 0. The van der Waals surface area contributed by atoms with Crippen LogP contribution in [-0.4, -0.2) is 31.0 Å². The van der Waals surface area contributed by atoms with Crippen LogP contribution >= 0.6 is 0 Å². The van der Waals surface area contributed by atoms with Gasteiger partial charge in [-0.2, -0.15) is 0 Å². The van der Waals surface area contributed by atoms with Gasteiger partial charge in [-0.1, -0.05) is 13.8 Å². The van der Waals surface area contributed by atoms with Crippen molar-refractivity contribution in [2.45, 2.75) is 20.3 Å². The van der Waals surface area contributed by atoms with Gasteiger partial charge in [0.15, 0.2) is 0 Å². The second-order valence-electron chi connectivity index (χ2n) is 3.61. The summed E-state index contributed by atoms with van der Waals surface area (Å²) < 4.78 is 23.6. The third-order valence-corrected chi connectivity index (χ3v) is 2.32. The highest BCUT2D eigenvalue weighted by Crippen LogP contribution is 2.23. The zero-order valence-electron chi connectivity index (χ0n) is 7.06. The summed E-state index contributed by atoms with van der Waals surface area (Å²) in [6, 6.07) is 0. The first-order valence-corrected chi connectivity index (χ1v) is 4.10. The highest BCUT2D eigenvalue weighted by molar-refractivity contribution is 4.81. The first kappa shape index (κ1) is 8.91. The largest absolute Gasteiger partial charge is 0.297 e. The molecule has 0 amide bonds. The fourth-order valence-electron chi connectivity index (χ4n) is 1.38. The number of likely N-dealkylation sites (tertiary alicyclic amines) is 1. The van der Waals surface area contributed by atoms with E-state index >= 15 is 0 Å². The van der Waals surface area contributed by atoms with Crippen LogP contribution in [-0.2, 0) is 0 Å². The van der Waals surface area contributed by atoms with Crippen molar-refractivity contribution in [2.24, 2.45) is 11.8 Å². The summed E-state index contributed by atoms with van der Waals surface area (Å²) in [5.41, 5.74) is 0. The van der Waals surface area contributed by atoms with Gasteiger partial charge in [-0.15, -0.1) is 0 Å². The van der Waals surface area contributed by atoms with Gasteiger partial charge in [-0.3, -0.25) is 4.90 Å². The predicted molar refractivity (Wildman–Crippen MR) is 40.8 cm³/mol. The van der Waals surface area contributed by atoms with Crippen LogP contribution in [0.3, 0.4) is 0 Å². The highest BCUT2D eigenvalue weighted by Gasteiger charge is 2.30. The molecule has 11 heavy (non-hydrogen) atoms. The molecule has 1 nitrogen and oxygen atoms in total. The summed E-state index contributed by atoms with van der Waals surface area (Å²) in [6.45, 7) is 5.97. The lowest BCUT2D eigenvalue weighted by molar-refractivity contribution is 0.00961. The molecule has 1 rings (SSSR count). The van der Waals surface area contributed by atoms with Crippen LogP contribution in [0.4, 0.5) is 8.78 Å². The third kappa shape index (κ3) is 2.40. The number of rotatable bonds is 3. The first-order chi connectivity index (χ1) is 5.09. The summed E-state index contributed by atoms with van der Waals surface area (Å²) in [7, 11) is 0. The minimum absolute atomic E-state index is 0.0385. The molecule has 0 aliphatic carbocycles. The van der Waals surface area contributed by atoms with Gasteiger partial charge < -0.3 is 0 Å². The molecule has 0 N–H and O–H groups in total. The Morgan fingerprint density at radius 1 is 1.36 bits per heavy atom. The van der Waals surface area contributed by atoms with Gasteiger partial charge in [-0.25, -0.2) is 8.78 Å². The van der Waals surface area contributed by atoms with E-state index in [1.807, 2.05) is 4.90 Å². The van der Waals surface area contributed by atoms with Crippen molar-refractivity contribution in [3.05, 3.63) is 0 Å². The molecule has 0 aromatic rings. The van der Waals surface area contributed by atoms with Gasteiger partial charge in [0.2, 0.25) is 0 Å². The van der Waals surface area contributed by atoms with E-state index in [4.69, 9.17) is 0 Å². The molecule has 3 heteroatoms. The monoisotopic (exact) mass is 163 g/mol. The topological polar surface area (TPSA) is 3.24 Å². The van der Waals surface area contributed by atoms with E-state index in [0.29, 0.717) is 11.8 Å². The van der Waals surface area contributed by atoms with E-state index < -0.39 is 6.43 Å². The average Bonchev–Trinajstić information content (AvgIpc) is 1.75. The first-order valence-electron chi connectivity index (χ1n) is 4.10. The second-order valence-corrected chi connectivity index (χ2v) is 3.61. The molecule has 1 fully saturated rings. The lowest BCUT2D eigenvalue weighted by Gasteiger charge is -2.41. The fourth-order valence-corrected chi connectivity index (χ4v) is 1.38. The van der Waals surface area contributed by atoms with Crippen molar-refractivity contribution in [1.29, 1.82) is 0 Å². The zero-order valence-corrected chi connectivity index (χ0v) is 7.06. The number of hydrogen-bond acceptors (Lipinski definition) is 1. The maximum atomic E-state index is 11.8. The number of alkyl halides is 2. The summed E-state index contributed by atoms with van der Waals surface area (Å²) in [6.07, 6.45) is -2.16. The van der Waals surface area contributed by atoms with E-state index in [-0.39, 0.29) is 6.54 Å². The Hall–Kier alpha value is -0.180. The summed E-state index contributed by atoms with van der Waals surface area (Å²) >= 11 is 0. The van der Waals surface area contributed by atoms with Crippen LogP contribution in [0.1, 0.15) is 13.8 Å². The SMILES string of the molecule is CC(C)C1CN(CC(F)F)C1. The van der Waals surface area contributed by atoms with Crippen molar-refractivity contribution in [3.63, 3.8) is 0 Å². The number of halogens is 2. The van der Waals surface area contributed by atoms with Crippen LogP contribution in [0.15, 0.2) is 0 Å². The Morgan fingerprint density at radius 3 is 2.27 bits per heavy atom. The van der Waals surface area contributed by atoms with E-state index in [1.165, 1.54) is 0 Å². The Kier molecular flexibility index (Phi) is 2.82. The molecular weight excluding hydrogens is 148 g/mol. The van der Waals surface area contributed by atoms with Gasteiger partial charge in [-0.05, 0) is 11.8 Å². The fraction of sp³-hybridized carbons (Fsp3) is 1.00. The molecule has 0 aromatic carbocycles. The van der Waals surface area contributed by atoms with E-state index in [2.05, 4.69) is 13.8 Å². The van der Waals surface area contributed by atoms with Gasteiger partial charge in [0.25, 0.3) is 6.43 Å². The normalized spacial score (nSPS) is 21.3. The van der Waals surface area contributed by atoms with Crippen LogP contribution in [0.2, 0.25) is 0 Å². The Bertz CT molecular complexity index is 119. The molecule has 0 bridgehead atoms. The maximum absolute atomic E-state index is 11.8. The molecule has 1 aliphatic heterocycles. The maximum Gasteiger partial charge on any atom is 0.251 e. The Labute approximate surface area is 66.4 Å². The lowest BCUT2D eigenvalue weighted by Crippen LogP contribution is -2.50. The third-order valence-electron chi connectivity index (χ3n) is 2.32. The van der Waals surface area contributed by atoms with Gasteiger partial charge in [0.1, 0.15) is 0 Å². The second kappa shape index (κ2) is 3.48. The van der Waals surface area contributed by atoms with Gasteiger partial charge in [0, 0.05) is 13.1 Å². The molecule has 0 unspecified atom stereocenters. The average molecular weight is 163 g/mol. The molecule has 66 valence electrons. The highest BCUT2D eigenvalue weighted by atomic mass is 19.3. The van der Waals surface area contributed by atoms with Crippen LogP contribution < -0.4 is 0 Å². The van der Waals surface area contributed by atoms with Crippen molar-refractivity contribution < 1.29 is 8.78 Å². The van der Waals surface area contributed by atoms with Gasteiger partial charge in [0.05, 0.1) is 6.54 Å². The smallest absolute Gasteiger partial charge is 0.251 e. The standard InChI is InChI=1S/C8H15F2N/c1-6(2)7-3-11(4-7)5-8(9)10/h6-8H,3-5H2,1-2H3. The Balaban J connectivity index is 2.09. The van der Waals surface area contributed by atoms with Crippen molar-refractivity contribution in [1.82, 2.24) is 4.90 Å². The van der Waals surface area contributed by atoms with Crippen molar-refractivity contribution >= 4 is 0 Å². The molecule has 1 saturated heterocycles. The molecule has 1 aliphatic rings. The molecule has 1 heterocycles. The molecular formula is C8H15F2N. The zero-order chi connectivity index (χ0) is 8.43. The quantitative estimate of drug-likeness (QED) is 0.613. The molecule has 0 spiro atoms. The Morgan fingerprint density at radius 2 is 1.91 bits per heavy atom. The summed E-state index contributed by atoms with van der Waals surface area (Å²) in [4.78, 5) is 1.81. The van der Waals surface area contributed by atoms with Gasteiger partial charge >= 0.3 is 0 Å². The van der Waals surface area contributed by atoms with E-state index in [0.717, 1.165) is 13.1 Å². The summed E-state index contributed by atoms with van der Waals surface area (Å²) in [5, 5.41) is 0. The molecule has 0 radical (unpaired) electrons. The minimum atomic E-state index is -2.16. The molecule has 0 saturated carbocycles. The number of nitrogens with zero attached hydrogens (tertiary/aromatic N) is 1. The lowest BCUT2D eigenvalue weighted by atomic mass is 9.88. The minimum Gasteiger partial charge on any atom is -0.297 e. The van der Waals surface area contributed by atoms with Crippen molar-refractivity contribution in [2.75, 3.05) is 19.6 Å². The molecule has 0 atom stereocenters. The van der Waals surface area contributed by atoms with Crippen LogP contribution in [0, 0.1) is 11.8 Å². The van der Waals surface area contributed by atoms with Crippen LogP contribution in [0.25, 0.3) is 0 Å². The summed E-state index contributed by atoms with van der Waals surface area (Å²) in [5.74, 6) is 1.29. The van der Waals surface area contributed by atoms with E-state index in [1.54, 1.807) is 0 Å². The van der Waals surface area contributed by atoms with Crippen LogP contribution in [0.5, 0.6) is 0 Å². The van der Waals surface area contributed by atoms with E-state index in [9.17, 15) is 8.78 Å². The predicted octanol–water partition coefficient (Wildman–Crippen LogP) is 1.84.